The number of fused-ring (bicyclic) bond motifs is 1. The molecule has 1 N–H and O–H groups in total. The van der Waals surface area contributed by atoms with Gasteiger partial charge in [0.05, 0.1) is 37.6 Å². The van der Waals surface area contributed by atoms with Gasteiger partial charge in [-0.05, 0) is 18.2 Å². The van der Waals surface area contributed by atoms with Crippen molar-refractivity contribution >= 4 is 10.0 Å². The van der Waals surface area contributed by atoms with Gasteiger partial charge in [0.15, 0.2) is 11.5 Å². The van der Waals surface area contributed by atoms with Crippen LogP contribution in [0.5, 0.6) is 11.5 Å². The van der Waals surface area contributed by atoms with Crippen LogP contribution < -0.4 is 14.4 Å². The molecule has 0 unspecified atom stereocenters. The number of quaternary nitrogens is 1. The number of sulfonamides is 1. The second-order valence-electron chi connectivity index (χ2n) is 5.45. The first kappa shape index (κ1) is 15.3. The lowest BCUT2D eigenvalue weighted by atomic mass is 10.3. The van der Waals surface area contributed by atoms with Crippen LogP contribution >= 0.6 is 0 Å². The molecule has 120 valence electrons. The molecular weight excluding hydrogens is 304 g/mol. The predicted molar refractivity (Wildman–Crippen MR) is 82.0 cm³/mol. The summed E-state index contributed by atoms with van der Waals surface area (Å²) in [5.41, 5.74) is 0. The van der Waals surface area contributed by atoms with Crippen LogP contribution in [0.4, 0.5) is 0 Å². The highest BCUT2D eigenvalue weighted by Gasteiger charge is 2.30. The summed E-state index contributed by atoms with van der Waals surface area (Å²) in [6.07, 6.45) is 1.88. The fourth-order valence-corrected chi connectivity index (χ4v) is 4.24. The Kier molecular flexibility index (Phi) is 4.37. The van der Waals surface area contributed by atoms with Gasteiger partial charge in [0.25, 0.3) is 0 Å². The van der Waals surface area contributed by atoms with E-state index in [1.54, 1.807) is 22.5 Å². The summed E-state index contributed by atoms with van der Waals surface area (Å²) in [5, 5.41) is 0. The molecule has 6 nitrogen and oxygen atoms in total. The number of nitrogens with zero attached hydrogens (tertiary/aromatic N) is 1. The lowest BCUT2D eigenvalue weighted by molar-refractivity contribution is -0.897. The van der Waals surface area contributed by atoms with Crippen LogP contribution in [0, 0.1) is 0 Å². The number of rotatable bonds is 4. The molecule has 22 heavy (non-hydrogen) atoms. The van der Waals surface area contributed by atoms with Crippen molar-refractivity contribution in [3.8, 4) is 11.5 Å². The standard InChI is InChI=1S/C15H20N2O4S/c1-2-5-16-6-8-17(9-7-16)22(18,19)13-3-4-14-15(12-13)21-11-10-20-14/h2-4,12H,1,5-11H2/p+1. The third kappa shape index (κ3) is 2.97. The summed E-state index contributed by atoms with van der Waals surface area (Å²) in [5.74, 6) is 1.11. The minimum absolute atomic E-state index is 0.268. The van der Waals surface area contributed by atoms with Crippen molar-refractivity contribution in [2.45, 2.75) is 4.90 Å². The smallest absolute Gasteiger partial charge is 0.243 e. The van der Waals surface area contributed by atoms with Crippen LogP contribution in [0.1, 0.15) is 0 Å². The molecule has 0 saturated carbocycles. The minimum Gasteiger partial charge on any atom is -0.486 e. The van der Waals surface area contributed by atoms with Crippen molar-refractivity contribution in [2.24, 2.45) is 0 Å². The van der Waals surface area contributed by atoms with Gasteiger partial charge in [0.1, 0.15) is 13.2 Å². The predicted octanol–water partition coefficient (Wildman–Crippen LogP) is -0.467. The van der Waals surface area contributed by atoms with Crippen molar-refractivity contribution in [3.05, 3.63) is 30.9 Å². The Morgan fingerprint density at radius 1 is 1.18 bits per heavy atom. The van der Waals surface area contributed by atoms with E-state index in [1.165, 1.54) is 4.90 Å². The van der Waals surface area contributed by atoms with E-state index in [0.717, 1.165) is 19.6 Å². The number of benzene rings is 1. The van der Waals surface area contributed by atoms with Crippen LogP contribution in [0.3, 0.4) is 0 Å². The third-order valence-corrected chi connectivity index (χ3v) is 5.91. The van der Waals surface area contributed by atoms with Gasteiger partial charge >= 0.3 is 0 Å². The highest BCUT2D eigenvalue weighted by molar-refractivity contribution is 7.89. The molecular formula is C15H21N2O4S+. The van der Waals surface area contributed by atoms with Gasteiger partial charge in [-0.15, -0.1) is 0 Å². The first-order chi connectivity index (χ1) is 10.6. The fraction of sp³-hybridized carbons (Fsp3) is 0.467. The quantitative estimate of drug-likeness (QED) is 0.761. The molecule has 0 atom stereocenters. The van der Waals surface area contributed by atoms with Crippen molar-refractivity contribution in [3.63, 3.8) is 0 Å². The van der Waals surface area contributed by atoms with Gasteiger partial charge < -0.3 is 14.4 Å². The largest absolute Gasteiger partial charge is 0.486 e. The van der Waals surface area contributed by atoms with Crippen molar-refractivity contribution in [2.75, 3.05) is 45.9 Å². The Morgan fingerprint density at radius 2 is 1.86 bits per heavy atom. The fourth-order valence-electron chi connectivity index (χ4n) is 2.78. The van der Waals surface area contributed by atoms with E-state index in [2.05, 4.69) is 6.58 Å². The van der Waals surface area contributed by atoms with E-state index in [0.29, 0.717) is 37.8 Å². The Bertz CT molecular complexity index is 652. The topological polar surface area (TPSA) is 60.3 Å². The average Bonchev–Trinajstić information content (AvgIpc) is 2.55. The maximum absolute atomic E-state index is 12.7. The van der Waals surface area contributed by atoms with Crippen molar-refractivity contribution in [1.29, 1.82) is 0 Å². The molecule has 7 heteroatoms. The van der Waals surface area contributed by atoms with E-state index in [9.17, 15) is 8.42 Å². The second-order valence-corrected chi connectivity index (χ2v) is 7.39. The monoisotopic (exact) mass is 325 g/mol. The van der Waals surface area contributed by atoms with Gasteiger partial charge in [-0.25, -0.2) is 8.42 Å². The van der Waals surface area contributed by atoms with E-state index in [-0.39, 0.29) is 4.90 Å². The molecule has 1 fully saturated rings. The molecule has 0 spiro atoms. The second kappa shape index (κ2) is 6.28. The number of hydrogen-bond acceptors (Lipinski definition) is 4. The SMILES string of the molecule is C=CC[NH+]1CCN(S(=O)(=O)c2ccc3c(c2)OCCO3)CC1. The van der Waals surface area contributed by atoms with Gasteiger partial charge in [-0.3, -0.25) is 0 Å². The molecule has 0 radical (unpaired) electrons. The maximum Gasteiger partial charge on any atom is 0.243 e. The molecule has 0 aliphatic carbocycles. The average molecular weight is 325 g/mol. The van der Waals surface area contributed by atoms with Crippen LogP contribution in [0.25, 0.3) is 0 Å². The maximum atomic E-state index is 12.7. The van der Waals surface area contributed by atoms with Gasteiger partial charge in [-0.2, -0.15) is 4.31 Å². The van der Waals surface area contributed by atoms with Crippen molar-refractivity contribution < 1.29 is 22.8 Å². The molecule has 1 aromatic carbocycles. The molecule has 3 rings (SSSR count). The summed E-state index contributed by atoms with van der Waals surface area (Å²) in [6.45, 7) is 8.20. The molecule has 2 aliphatic rings. The number of nitrogens with one attached hydrogen (secondary N) is 1. The molecule has 2 heterocycles. The molecule has 1 saturated heterocycles. The molecule has 1 aromatic rings. The Labute approximate surface area is 131 Å². The van der Waals surface area contributed by atoms with E-state index < -0.39 is 10.0 Å². The van der Waals surface area contributed by atoms with E-state index >= 15 is 0 Å². The van der Waals surface area contributed by atoms with Crippen LogP contribution in [0.2, 0.25) is 0 Å². The lowest BCUT2D eigenvalue weighted by Crippen LogP contribution is -3.14. The minimum atomic E-state index is -3.48. The third-order valence-electron chi connectivity index (χ3n) is 4.01. The number of piperazine rings is 1. The normalized spacial score (nSPS) is 19.8. The number of ether oxygens (including phenoxy) is 2. The molecule has 0 bridgehead atoms. The van der Waals surface area contributed by atoms with Crippen LogP contribution in [-0.2, 0) is 10.0 Å². The summed E-state index contributed by atoms with van der Waals surface area (Å²) in [4.78, 5) is 1.63. The molecule has 0 aromatic heterocycles. The highest BCUT2D eigenvalue weighted by Crippen LogP contribution is 2.33. The molecule has 2 aliphatic heterocycles. The van der Waals surface area contributed by atoms with E-state index in [4.69, 9.17) is 9.47 Å². The highest BCUT2D eigenvalue weighted by atomic mass is 32.2. The molecule has 0 amide bonds. The Morgan fingerprint density at radius 3 is 2.55 bits per heavy atom. The van der Waals surface area contributed by atoms with Gasteiger partial charge in [-0.1, -0.05) is 6.58 Å². The summed E-state index contributed by atoms with van der Waals surface area (Å²) in [7, 11) is -3.48. The van der Waals surface area contributed by atoms with Crippen molar-refractivity contribution in [1.82, 2.24) is 4.31 Å². The van der Waals surface area contributed by atoms with E-state index in [1.807, 2.05) is 6.08 Å². The van der Waals surface area contributed by atoms with Crippen LogP contribution in [-0.4, -0.2) is 58.7 Å². The van der Waals surface area contributed by atoms with Crippen LogP contribution in [0.15, 0.2) is 35.7 Å². The van der Waals surface area contributed by atoms with Gasteiger partial charge in [0.2, 0.25) is 10.0 Å². The number of hydrogen-bond donors (Lipinski definition) is 1. The summed E-state index contributed by atoms with van der Waals surface area (Å²) in [6, 6.07) is 4.82. The first-order valence-corrected chi connectivity index (χ1v) is 8.89. The van der Waals surface area contributed by atoms with Gasteiger partial charge in [0, 0.05) is 6.07 Å². The lowest BCUT2D eigenvalue weighted by Gasteiger charge is -2.31. The Balaban J connectivity index is 1.77. The zero-order valence-corrected chi connectivity index (χ0v) is 13.3. The first-order valence-electron chi connectivity index (χ1n) is 7.45. The Hall–Kier alpha value is -1.57. The summed E-state index contributed by atoms with van der Waals surface area (Å²) >= 11 is 0. The summed E-state index contributed by atoms with van der Waals surface area (Å²) < 4.78 is 37.9. The zero-order valence-electron chi connectivity index (χ0n) is 12.5. The zero-order chi connectivity index (χ0) is 15.6.